The summed E-state index contributed by atoms with van der Waals surface area (Å²) in [4.78, 5) is 23.3. The minimum Gasteiger partial charge on any atom is -0.464 e. The van der Waals surface area contributed by atoms with Gasteiger partial charge in [0.25, 0.3) is 6.10 Å². The normalized spacial score (nSPS) is 16.1. The molecule has 0 radical (unpaired) electrons. The van der Waals surface area contributed by atoms with Gasteiger partial charge in [-0.05, 0) is 39.0 Å². The Balaban J connectivity index is 2.38. The van der Waals surface area contributed by atoms with Gasteiger partial charge in [-0.25, -0.2) is 9.59 Å². The van der Waals surface area contributed by atoms with Crippen molar-refractivity contribution < 1.29 is 28.5 Å². The molecule has 1 fully saturated rings. The molecule has 20 heavy (non-hydrogen) atoms. The molecule has 0 saturated carbocycles. The van der Waals surface area contributed by atoms with E-state index < -0.39 is 18.0 Å². The molecule has 0 aromatic carbocycles. The van der Waals surface area contributed by atoms with Gasteiger partial charge in [0.2, 0.25) is 0 Å². The topological polar surface area (TPSA) is 71.1 Å². The number of hydrogen-bond donors (Lipinski definition) is 0. The average molecular weight is 288 g/mol. The lowest BCUT2D eigenvalue weighted by Gasteiger charge is -2.22. The fourth-order valence-corrected chi connectivity index (χ4v) is 2.06. The summed E-state index contributed by atoms with van der Waals surface area (Å²) < 4.78 is 20.3. The molecule has 0 amide bonds. The first-order valence-electron chi connectivity index (χ1n) is 7.21. The van der Waals surface area contributed by atoms with Gasteiger partial charge in [-0.3, -0.25) is 0 Å². The first-order chi connectivity index (χ1) is 9.69. The molecule has 0 aromatic rings. The SMILES string of the molecule is CCOC(=O)C(OCCC1CCOCC1)C(=O)OCC. The Bertz CT molecular complexity index is 280. The molecule has 1 aliphatic rings. The van der Waals surface area contributed by atoms with Crippen LogP contribution in [-0.2, 0) is 28.5 Å². The van der Waals surface area contributed by atoms with E-state index in [-0.39, 0.29) is 13.2 Å². The number of carbonyl (C=O) groups is 2. The van der Waals surface area contributed by atoms with Crippen molar-refractivity contribution in [2.75, 3.05) is 33.0 Å². The maximum Gasteiger partial charge on any atom is 0.347 e. The van der Waals surface area contributed by atoms with Gasteiger partial charge < -0.3 is 18.9 Å². The van der Waals surface area contributed by atoms with Crippen LogP contribution in [0.15, 0.2) is 0 Å². The second-order valence-electron chi connectivity index (χ2n) is 4.60. The summed E-state index contributed by atoms with van der Waals surface area (Å²) in [6, 6.07) is 0. The molecule has 6 heteroatoms. The number of esters is 2. The van der Waals surface area contributed by atoms with Crippen LogP contribution in [-0.4, -0.2) is 51.1 Å². The largest absolute Gasteiger partial charge is 0.464 e. The van der Waals surface area contributed by atoms with Crippen LogP contribution in [0.1, 0.15) is 33.1 Å². The maximum atomic E-state index is 11.7. The summed E-state index contributed by atoms with van der Waals surface area (Å²) in [6.45, 7) is 5.65. The van der Waals surface area contributed by atoms with Gasteiger partial charge in [0.15, 0.2) is 0 Å². The maximum absolute atomic E-state index is 11.7. The highest BCUT2D eigenvalue weighted by atomic mass is 16.6. The Morgan fingerprint density at radius 3 is 2.15 bits per heavy atom. The highest BCUT2D eigenvalue weighted by Crippen LogP contribution is 2.18. The number of rotatable bonds is 8. The van der Waals surface area contributed by atoms with E-state index in [9.17, 15) is 9.59 Å². The van der Waals surface area contributed by atoms with Crippen LogP contribution in [0.2, 0.25) is 0 Å². The van der Waals surface area contributed by atoms with Crippen molar-refractivity contribution in [3.63, 3.8) is 0 Å². The van der Waals surface area contributed by atoms with Gasteiger partial charge in [-0.2, -0.15) is 0 Å². The Morgan fingerprint density at radius 1 is 1.10 bits per heavy atom. The van der Waals surface area contributed by atoms with Gasteiger partial charge >= 0.3 is 11.9 Å². The first-order valence-corrected chi connectivity index (χ1v) is 7.21. The van der Waals surface area contributed by atoms with Crippen molar-refractivity contribution >= 4 is 11.9 Å². The highest BCUT2D eigenvalue weighted by molar-refractivity contribution is 5.98. The Morgan fingerprint density at radius 2 is 1.65 bits per heavy atom. The molecule has 1 saturated heterocycles. The lowest BCUT2D eigenvalue weighted by Crippen LogP contribution is -2.36. The van der Waals surface area contributed by atoms with E-state index in [1.807, 2.05) is 0 Å². The minimum atomic E-state index is -1.27. The fraction of sp³-hybridized carbons (Fsp3) is 0.857. The molecule has 0 spiro atoms. The van der Waals surface area contributed by atoms with Crippen molar-refractivity contribution in [3.05, 3.63) is 0 Å². The van der Waals surface area contributed by atoms with E-state index in [4.69, 9.17) is 18.9 Å². The van der Waals surface area contributed by atoms with Gasteiger partial charge in [0.1, 0.15) is 0 Å². The summed E-state index contributed by atoms with van der Waals surface area (Å²) in [5, 5.41) is 0. The second-order valence-corrected chi connectivity index (χ2v) is 4.60. The molecule has 1 rings (SSSR count). The smallest absolute Gasteiger partial charge is 0.347 e. The summed E-state index contributed by atoms with van der Waals surface area (Å²) in [5.74, 6) is -0.843. The molecule has 0 atom stereocenters. The second kappa shape index (κ2) is 9.72. The van der Waals surface area contributed by atoms with E-state index in [1.165, 1.54) is 0 Å². The molecule has 0 unspecified atom stereocenters. The summed E-state index contributed by atoms with van der Waals surface area (Å²) in [5.41, 5.74) is 0. The molecular weight excluding hydrogens is 264 g/mol. The number of carbonyl (C=O) groups excluding carboxylic acids is 2. The van der Waals surface area contributed by atoms with Crippen molar-refractivity contribution in [1.82, 2.24) is 0 Å². The van der Waals surface area contributed by atoms with Crippen molar-refractivity contribution in [1.29, 1.82) is 0 Å². The van der Waals surface area contributed by atoms with E-state index in [0.717, 1.165) is 32.5 Å². The first kappa shape index (κ1) is 16.9. The molecule has 0 N–H and O–H groups in total. The van der Waals surface area contributed by atoms with Crippen LogP contribution >= 0.6 is 0 Å². The third-order valence-corrected chi connectivity index (χ3v) is 3.15. The zero-order chi connectivity index (χ0) is 14.8. The molecule has 6 nitrogen and oxygen atoms in total. The quantitative estimate of drug-likeness (QED) is 0.495. The predicted molar refractivity (Wildman–Crippen MR) is 71.2 cm³/mol. The molecule has 1 aliphatic heterocycles. The standard InChI is InChI=1S/C14H24O6/c1-3-18-13(15)12(14(16)19-4-2)20-10-7-11-5-8-17-9-6-11/h11-12H,3-10H2,1-2H3. The Labute approximate surface area is 119 Å². The van der Waals surface area contributed by atoms with Crippen molar-refractivity contribution in [3.8, 4) is 0 Å². The monoisotopic (exact) mass is 288 g/mol. The summed E-state index contributed by atoms with van der Waals surface area (Å²) in [7, 11) is 0. The van der Waals surface area contributed by atoms with Gasteiger partial charge in [-0.1, -0.05) is 0 Å². The van der Waals surface area contributed by atoms with Crippen LogP contribution in [0.5, 0.6) is 0 Å². The molecule has 116 valence electrons. The number of hydrogen-bond acceptors (Lipinski definition) is 6. The van der Waals surface area contributed by atoms with Crippen LogP contribution in [0, 0.1) is 5.92 Å². The number of ether oxygens (including phenoxy) is 4. The van der Waals surface area contributed by atoms with Crippen LogP contribution in [0.4, 0.5) is 0 Å². The fourth-order valence-electron chi connectivity index (χ4n) is 2.06. The molecular formula is C14H24O6. The molecule has 0 bridgehead atoms. The van der Waals surface area contributed by atoms with Crippen LogP contribution < -0.4 is 0 Å². The zero-order valence-corrected chi connectivity index (χ0v) is 12.3. The third-order valence-electron chi connectivity index (χ3n) is 3.15. The Kier molecular flexibility index (Phi) is 8.22. The minimum absolute atomic E-state index is 0.206. The lowest BCUT2D eigenvalue weighted by molar-refractivity contribution is -0.173. The van der Waals surface area contributed by atoms with Crippen LogP contribution in [0.3, 0.4) is 0 Å². The molecule has 0 aliphatic carbocycles. The van der Waals surface area contributed by atoms with Crippen molar-refractivity contribution in [2.24, 2.45) is 5.92 Å². The summed E-state index contributed by atoms with van der Waals surface area (Å²) >= 11 is 0. The Hall–Kier alpha value is -1.14. The zero-order valence-electron chi connectivity index (χ0n) is 12.3. The van der Waals surface area contributed by atoms with E-state index in [1.54, 1.807) is 13.8 Å². The van der Waals surface area contributed by atoms with Gasteiger partial charge in [-0.15, -0.1) is 0 Å². The highest BCUT2D eigenvalue weighted by Gasteiger charge is 2.30. The van der Waals surface area contributed by atoms with Crippen molar-refractivity contribution in [2.45, 2.75) is 39.2 Å². The van der Waals surface area contributed by atoms with E-state index >= 15 is 0 Å². The van der Waals surface area contributed by atoms with Crippen LogP contribution in [0.25, 0.3) is 0 Å². The molecule has 1 heterocycles. The molecule has 0 aromatic heterocycles. The van der Waals surface area contributed by atoms with E-state index in [2.05, 4.69) is 0 Å². The average Bonchev–Trinajstić information content (AvgIpc) is 2.45. The third kappa shape index (κ3) is 5.88. The van der Waals surface area contributed by atoms with E-state index in [0.29, 0.717) is 12.5 Å². The van der Waals surface area contributed by atoms with Gasteiger partial charge in [0, 0.05) is 19.8 Å². The lowest BCUT2D eigenvalue weighted by atomic mass is 9.97. The van der Waals surface area contributed by atoms with Gasteiger partial charge in [0.05, 0.1) is 13.2 Å². The predicted octanol–water partition coefficient (Wildman–Crippen LogP) is 1.31. The summed E-state index contributed by atoms with van der Waals surface area (Å²) in [6.07, 6.45) is 1.52.